The first-order valence-corrected chi connectivity index (χ1v) is 11.0. The zero-order valence-corrected chi connectivity index (χ0v) is 17.5. The summed E-state index contributed by atoms with van der Waals surface area (Å²) < 4.78 is 37.3. The first kappa shape index (κ1) is 20.8. The Morgan fingerprint density at radius 3 is 2.87 bits per heavy atom. The standard InChI is InChI=1S/C21H25N3O5S/c1-24-13-18(16-5-8-22-20(16)21(24)25)17-12-14(4-9-23-30(26)27)2-3-19(17)29-15-6-10-28-11-7-15/h2-3,5,8,12-13,15,22-23H,4,6-7,9-11H2,1H3,(H,26,27)/p-1. The van der Waals surface area contributed by atoms with E-state index in [9.17, 15) is 13.6 Å². The van der Waals surface area contributed by atoms with Crippen molar-refractivity contribution in [2.24, 2.45) is 7.05 Å². The summed E-state index contributed by atoms with van der Waals surface area (Å²) >= 11 is -2.29. The summed E-state index contributed by atoms with van der Waals surface area (Å²) in [5.74, 6) is 0.743. The second-order valence-corrected chi connectivity index (χ2v) is 8.12. The Hall–Kier alpha value is -2.46. The van der Waals surface area contributed by atoms with Crippen LogP contribution in [0.15, 0.2) is 41.5 Å². The number of aryl methyl sites for hydroxylation is 1. The Bertz CT molecular complexity index is 1120. The quantitative estimate of drug-likeness (QED) is 0.558. The normalized spacial score (nSPS) is 16.1. The molecule has 1 aromatic carbocycles. The second-order valence-electron chi connectivity index (χ2n) is 7.36. The molecule has 3 aromatic rings. The van der Waals surface area contributed by atoms with E-state index in [1.54, 1.807) is 17.8 Å². The van der Waals surface area contributed by atoms with E-state index in [1.165, 1.54) is 0 Å². The van der Waals surface area contributed by atoms with Crippen LogP contribution >= 0.6 is 0 Å². The first-order chi connectivity index (χ1) is 14.5. The van der Waals surface area contributed by atoms with Crippen LogP contribution in [0.2, 0.25) is 0 Å². The SMILES string of the molecule is Cn1cc(-c2cc(CCNS(=O)[O-])ccc2OC2CCOCC2)c2cc[nH]c2c1=O. The van der Waals surface area contributed by atoms with Gasteiger partial charge in [-0.3, -0.25) is 9.00 Å². The van der Waals surface area contributed by atoms with Crippen molar-refractivity contribution in [2.75, 3.05) is 19.8 Å². The third kappa shape index (κ3) is 4.49. The molecule has 30 heavy (non-hydrogen) atoms. The molecule has 0 bridgehead atoms. The third-order valence-electron chi connectivity index (χ3n) is 5.32. The van der Waals surface area contributed by atoms with Gasteiger partial charge in [0.05, 0.1) is 13.2 Å². The molecule has 1 unspecified atom stereocenters. The van der Waals surface area contributed by atoms with Gasteiger partial charge in [-0.2, -0.15) is 0 Å². The van der Waals surface area contributed by atoms with E-state index in [0.29, 0.717) is 31.7 Å². The van der Waals surface area contributed by atoms with Gasteiger partial charge >= 0.3 is 0 Å². The molecular weight excluding hydrogens is 406 g/mol. The van der Waals surface area contributed by atoms with Gasteiger partial charge in [-0.1, -0.05) is 6.07 Å². The van der Waals surface area contributed by atoms with Gasteiger partial charge < -0.3 is 23.6 Å². The summed E-state index contributed by atoms with van der Waals surface area (Å²) in [5, 5.41) is 0.825. The van der Waals surface area contributed by atoms with Gasteiger partial charge in [-0.25, -0.2) is 4.72 Å². The minimum absolute atomic E-state index is 0.0714. The van der Waals surface area contributed by atoms with Crippen molar-refractivity contribution < 1.29 is 18.2 Å². The fourth-order valence-electron chi connectivity index (χ4n) is 3.78. The number of fused-ring (bicyclic) bond motifs is 1. The predicted molar refractivity (Wildman–Crippen MR) is 114 cm³/mol. The van der Waals surface area contributed by atoms with Crippen molar-refractivity contribution in [3.05, 3.63) is 52.6 Å². The molecule has 4 rings (SSSR count). The fraction of sp³-hybridized carbons (Fsp3) is 0.381. The van der Waals surface area contributed by atoms with Crippen molar-refractivity contribution in [3.8, 4) is 16.9 Å². The second kappa shape index (κ2) is 9.13. The Morgan fingerprint density at radius 1 is 1.30 bits per heavy atom. The summed E-state index contributed by atoms with van der Waals surface area (Å²) in [6.07, 6.45) is 5.84. The maximum atomic E-state index is 12.5. The molecule has 1 aliphatic heterocycles. The molecule has 1 fully saturated rings. The highest BCUT2D eigenvalue weighted by Crippen LogP contribution is 2.36. The van der Waals surface area contributed by atoms with Crippen LogP contribution in [0.1, 0.15) is 18.4 Å². The molecule has 3 heterocycles. The Kier molecular flexibility index (Phi) is 6.33. The third-order valence-corrected chi connectivity index (χ3v) is 5.76. The van der Waals surface area contributed by atoms with Crippen LogP contribution in [0.25, 0.3) is 22.0 Å². The molecule has 1 saturated heterocycles. The summed E-state index contributed by atoms with van der Waals surface area (Å²) in [5.41, 5.74) is 3.18. The van der Waals surface area contributed by atoms with Gasteiger partial charge in [0, 0.05) is 66.6 Å². The molecule has 2 N–H and O–H groups in total. The highest BCUT2D eigenvalue weighted by Gasteiger charge is 2.20. The van der Waals surface area contributed by atoms with Crippen LogP contribution in [-0.4, -0.2) is 44.2 Å². The Morgan fingerprint density at radius 2 is 2.10 bits per heavy atom. The number of ether oxygens (including phenoxy) is 2. The minimum atomic E-state index is -2.29. The number of nitrogens with zero attached hydrogens (tertiary/aromatic N) is 1. The first-order valence-electron chi connectivity index (χ1n) is 9.90. The summed E-state index contributed by atoms with van der Waals surface area (Å²) in [6, 6.07) is 7.77. The zero-order valence-electron chi connectivity index (χ0n) is 16.7. The van der Waals surface area contributed by atoms with E-state index < -0.39 is 11.3 Å². The monoisotopic (exact) mass is 430 g/mol. The molecule has 0 spiro atoms. The highest BCUT2D eigenvalue weighted by molar-refractivity contribution is 7.77. The van der Waals surface area contributed by atoms with Gasteiger partial charge in [-0.05, 0) is 30.2 Å². The zero-order chi connectivity index (χ0) is 21.1. The van der Waals surface area contributed by atoms with Gasteiger partial charge in [0.2, 0.25) is 0 Å². The van der Waals surface area contributed by atoms with E-state index in [-0.39, 0.29) is 11.7 Å². The lowest BCUT2D eigenvalue weighted by Crippen LogP contribution is -2.26. The number of hydrogen-bond donors (Lipinski definition) is 2. The van der Waals surface area contributed by atoms with Crippen LogP contribution in [0.5, 0.6) is 5.75 Å². The predicted octanol–water partition coefficient (Wildman–Crippen LogP) is 2.02. The Labute approximate surface area is 176 Å². The Balaban J connectivity index is 1.76. The number of pyridine rings is 1. The maximum absolute atomic E-state index is 12.5. The molecule has 1 aliphatic rings. The molecule has 160 valence electrons. The van der Waals surface area contributed by atoms with Crippen molar-refractivity contribution in [3.63, 3.8) is 0 Å². The number of aromatic nitrogens is 2. The molecular formula is C21H24N3O5S-. The average Bonchev–Trinajstić information content (AvgIpc) is 3.22. The highest BCUT2D eigenvalue weighted by atomic mass is 32.2. The van der Waals surface area contributed by atoms with Crippen molar-refractivity contribution in [1.82, 2.24) is 14.3 Å². The molecule has 0 aliphatic carbocycles. The van der Waals surface area contributed by atoms with Crippen molar-refractivity contribution in [2.45, 2.75) is 25.4 Å². The lowest BCUT2D eigenvalue weighted by Gasteiger charge is -2.25. The van der Waals surface area contributed by atoms with Gasteiger partial charge in [-0.15, -0.1) is 0 Å². The van der Waals surface area contributed by atoms with Crippen molar-refractivity contribution >= 4 is 22.2 Å². The molecule has 2 aromatic heterocycles. The molecule has 0 saturated carbocycles. The summed E-state index contributed by atoms with van der Waals surface area (Å²) in [4.78, 5) is 15.5. The number of benzene rings is 1. The topological polar surface area (TPSA) is 108 Å². The molecule has 9 heteroatoms. The van der Waals surface area contributed by atoms with E-state index in [2.05, 4.69) is 9.71 Å². The van der Waals surface area contributed by atoms with Gasteiger partial charge in [0.25, 0.3) is 5.56 Å². The number of H-pyrrole nitrogens is 1. The van der Waals surface area contributed by atoms with Crippen LogP contribution in [0.3, 0.4) is 0 Å². The van der Waals surface area contributed by atoms with Crippen LogP contribution < -0.4 is 15.0 Å². The number of aromatic amines is 1. The van der Waals surface area contributed by atoms with Gasteiger partial charge in [0.15, 0.2) is 0 Å². The van der Waals surface area contributed by atoms with E-state index in [1.807, 2.05) is 30.5 Å². The van der Waals surface area contributed by atoms with Gasteiger partial charge in [0.1, 0.15) is 17.4 Å². The smallest absolute Gasteiger partial charge is 0.274 e. The van der Waals surface area contributed by atoms with E-state index in [0.717, 1.165) is 40.7 Å². The molecule has 0 amide bonds. The molecule has 0 radical (unpaired) electrons. The molecule has 1 atom stereocenters. The van der Waals surface area contributed by atoms with E-state index >= 15 is 0 Å². The van der Waals surface area contributed by atoms with Crippen molar-refractivity contribution in [1.29, 1.82) is 0 Å². The average molecular weight is 431 g/mol. The summed E-state index contributed by atoms with van der Waals surface area (Å²) in [6.45, 7) is 1.67. The van der Waals surface area contributed by atoms with Crippen LogP contribution in [-0.2, 0) is 29.5 Å². The number of hydrogen-bond acceptors (Lipinski definition) is 5. The lowest BCUT2D eigenvalue weighted by molar-refractivity contribution is 0.0258. The fourth-order valence-corrected chi connectivity index (χ4v) is 4.05. The largest absolute Gasteiger partial charge is 0.760 e. The minimum Gasteiger partial charge on any atom is -0.760 e. The van der Waals surface area contributed by atoms with E-state index in [4.69, 9.17) is 9.47 Å². The van der Waals surface area contributed by atoms with Crippen LogP contribution in [0.4, 0.5) is 0 Å². The number of nitrogens with one attached hydrogen (secondary N) is 2. The maximum Gasteiger partial charge on any atom is 0.274 e. The number of rotatable bonds is 7. The van der Waals surface area contributed by atoms with Crippen LogP contribution in [0, 0.1) is 0 Å². The summed E-state index contributed by atoms with van der Waals surface area (Å²) in [7, 11) is 1.72. The lowest BCUT2D eigenvalue weighted by atomic mass is 9.99. The molecule has 8 nitrogen and oxygen atoms in total.